The summed E-state index contributed by atoms with van der Waals surface area (Å²) >= 11 is 1.75. The lowest BCUT2D eigenvalue weighted by atomic mass is 10.2. The van der Waals surface area contributed by atoms with Gasteiger partial charge in [0, 0.05) is 44.0 Å². The first-order valence-corrected chi connectivity index (χ1v) is 10.3. The van der Waals surface area contributed by atoms with E-state index in [1.54, 1.807) is 11.8 Å². The van der Waals surface area contributed by atoms with Gasteiger partial charge < -0.3 is 15.5 Å². The summed E-state index contributed by atoms with van der Waals surface area (Å²) in [6, 6.07) is 9.06. The van der Waals surface area contributed by atoms with Crippen LogP contribution >= 0.6 is 11.8 Å². The number of amides is 1. The molecule has 1 aromatic rings. The van der Waals surface area contributed by atoms with E-state index < -0.39 is 0 Å². The largest absolute Gasteiger partial charge is 0.357 e. The Morgan fingerprint density at radius 2 is 2.04 bits per heavy atom. The first-order chi connectivity index (χ1) is 12.1. The van der Waals surface area contributed by atoms with Gasteiger partial charge in [-0.2, -0.15) is 0 Å². The lowest BCUT2D eigenvalue weighted by molar-refractivity contribution is -0.121. The molecule has 25 heavy (non-hydrogen) atoms. The Morgan fingerprint density at radius 3 is 2.64 bits per heavy atom. The molecule has 5 nitrogen and oxygen atoms in total. The summed E-state index contributed by atoms with van der Waals surface area (Å²) in [7, 11) is 2.05. The lowest BCUT2D eigenvalue weighted by Crippen LogP contribution is -2.38. The molecule has 1 aliphatic rings. The van der Waals surface area contributed by atoms with Gasteiger partial charge in [0.1, 0.15) is 0 Å². The molecule has 2 rings (SSSR count). The molecule has 1 aromatic carbocycles. The van der Waals surface area contributed by atoms with Gasteiger partial charge in [-0.05, 0) is 50.1 Å². The third-order valence-electron chi connectivity index (χ3n) is 4.04. The van der Waals surface area contributed by atoms with E-state index in [1.807, 2.05) is 7.05 Å². The first kappa shape index (κ1) is 19.6. The molecule has 2 N–H and O–H groups in total. The summed E-state index contributed by atoms with van der Waals surface area (Å²) in [6.07, 6.45) is 5.69. The van der Waals surface area contributed by atoms with Gasteiger partial charge in [-0.1, -0.05) is 12.1 Å². The number of hydrogen-bond acceptors (Lipinski definition) is 3. The maximum Gasteiger partial charge on any atom is 0.220 e. The topological polar surface area (TPSA) is 56.7 Å². The molecule has 1 saturated carbocycles. The van der Waals surface area contributed by atoms with Crippen LogP contribution in [-0.2, 0) is 11.3 Å². The molecule has 0 aromatic heterocycles. The minimum absolute atomic E-state index is 0.157. The molecule has 1 amide bonds. The highest BCUT2D eigenvalue weighted by atomic mass is 32.2. The molecule has 0 aliphatic heterocycles. The monoisotopic (exact) mass is 362 g/mol. The average molecular weight is 363 g/mol. The van der Waals surface area contributed by atoms with Gasteiger partial charge >= 0.3 is 0 Å². The van der Waals surface area contributed by atoms with Gasteiger partial charge in [0.05, 0.1) is 0 Å². The minimum Gasteiger partial charge on any atom is -0.357 e. The van der Waals surface area contributed by atoms with Crippen molar-refractivity contribution in [3.8, 4) is 0 Å². The molecule has 0 atom stereocenters. The molecule has 0 radical (unpaired) electrons. The second-order valence-corrected chi connectivity index (χ2v) is 7.26. The van der Waals surface area contributed by atoms with E-state index >= 15 is 0 Å². The van der Waals surface area contributed by atoms with Gasteiger partial charge in [-0.25, -0.2) is 0 Å². The Hall–Kier alpha value is -1.69. The van der Waals surface area contributed by atoms with Crippen molar-refractivity contribution >= 4 is 23.6 Å². The number of aliphatic imine (C=N–C) groups is 1. The number of rotatable bonds is 9. The Labute approximate surface area is 155 Å². The molecular formula is C19H30N4OS. The second-order valence-electron chi connectivity index (χ2n) is 6.39. The molecule has 0 bridgehead atoms. The first-order valence-electron chi connectivity index (χ1n) is 9.04. The van der Waals surface area contributed by atoms with Crippen LogP contribution in [-0.4, -0.2) is 49.2 Å². The van der Waals surface area contributed by atoms with Gasteiger partial charge in [-0.3, -0.25) is 9.79 Å². The lowest BCUT2D eigenvalue weighted by Gasteiger charge is -2.22. The fraction of sp³-hybridized carbons (Fsp3) is 0.579. The molecule has 1 fully saturated rings. The highest BCUT2D eigenvalue weighted by molar-refractivity contribution is 7.98. The third kappa shape index (κ3) is 7.38. The summed E-state index contributed by atoms with van der Waals surface area (Å²) < 4.78 is 0. The number of thioether (sulfide) groups is 1. The van der Waals surface area contributed by atoms with Gasteiger partial charge in [0.15, 0.2) is 5.96 Å². The zero-order chi connectivity index (χ0) is 18.1. The van der Waals surface area contributed by atoms with E-state index in [1.165, 1.54) is 10.5 Å². The van der Waals surface area contributed by atoms with Gasteiger partial charge in [-0.15, -0.1) is 11.8 Å². The molecule has 0 spiro atoms. The molecule has 0 unspecified atom stereocenters. The number of hydrogen-bond donors (Lipinski definition) is 2. The Kier molecular flexibility index (Phi) is 8.12. The summed E-state index contributed by atoms with van der Waals surface area (Å²) in [4.78, 5) is 19.8. The molecule has 1 aliphatic carbocycles. The zero-order valence-corrected chi connectivity index (χ0v) is 16.4. The smallest absolute Gasteiger partial charge is 0.220 e. The van der Waals surface area contributed by atoms with E-state index in [0.29, 0.717) is 19.0 Å². The van der Waals surface area contributed by atoms with Crippen molar-refractivity contribution < 1.29 is 4.79 Å². The van der Waals surface area contributed by atoms with Crippen molar-refractivity contribution in [1.82, 2.24) is 15.5 Å². The van der Waals surface area contributed by atoms with Crippen LogP contribution in [0.4, 0.5) is 0 Å². The molecular weight excluding hydrogens is 332 g/mol. The van der Waals surface area contributed by atoms with Crippen LogP contribution in [0, 0.1) is 0 Å². The maximum atomic E-state index is 11.7. The van der Waals surface area contributed by atoms with Crippen LogP contribution in [0.15, 0.2) is 34.2 Å². The highest BCUT2D eigenvalue weighted by Crippen LogP contribution is 2.18. The van der Waals surface area contributed by atoms with Crippen LogP contribution in [0.1, 0.15) is 38.2 Å². The predicted octanol–water partition coefficient (Wildman–Crippen LogP) is 2.86. The average Bonchev–Trinajstić information content (AvgIpc) is 3.42. The molecule has 0 saturated heterocycles. The molecule has 138 valence electrons. The van der Waals surface area contributed by atoms with Gasteiger partial charge in [0.25, 0.3) is 0 Å². The summed E-state index contributed by atoms with van der Waals surface area (Å²) in [5.41, 5.74) is 1.26. The minimum atomic E-state index is 0.157. The zero-order valence-electron chi connectivity index (χ0n) is 15.5. The van der Waals surface area contributed by atoms with Crippen molar-refractivity contribution in [1.29, 1.82) is 0 Å². The van der Waals surface area contributed by atoms with Crippen molar-refractivity contribution in [2.75, 3.05) is 26.4 Å². The summed E-state index contributed by atoms with van der Waals surface area (Å²) in [6.45, 7) is 4.37. The van der Waals surface area contributed by atoms with Crippen LogP contribution in [0.3, 0.4) is 0 Å². The van der Waals surface area contributed by atoms with Crippen molar-refractivity contribution in [3.05, 3.63) is 29.8 Å². The van der Waals surface area contributed by atoms with E-state index in [9.17, 15) is 4.79 Å². The fourth-order valence-electron chi connectivity index (χ4n) is 2.50. The van der Waals surface area contributed by atoms with Crippen LogP contribution in [0.5, 0.6) is 0 Å². The van der Waals surface area contributed by atoms with Crippen molar-refractivity contribution in [2.24, 2.45) is 4.99 Å². The number of benzene rings is 1. The number of carbonyl (C=O) groups excluding carboxylic acids is 1. The Balaban J connectivity index is 1.80. The molecule has 0 heterocycles. The maximum absolute atomic E-state index is 11.7. The fourth-order valence-corrected chi connectivity index (χ4v) is 2.91. The van der Waals surface area contributed by atoms with Crippen molar-refractivity contribution in [3.63, 3.8) is 0 Å². The number of nitrogens with zero attached hydrogens (tertiary/aromatic N) is 2. The van der Waals surface area contributed by atoms with E-state index in [0.717, 1.165) is 38.3 Å². The number of nitrogens with one attached hydrogen (secondary N) is 2. The second kappa shape index (κ2) is 10.3. The van der Waals surface area contributed by atoms with Crippen LogP contribution in [0.2, 0.25) is 0 Å². The van der Waals surface area contributed by atoms with Gasteiger partial charge in [0.2, 0.25) is 5.91 Å². The highest BCUT2D eigenvalue weighted by Gasteiger charge is 2.22. The Bertz CT molecular complexity index is 569. The quantitative estimate of drug-likeness (QED) is 0.307. The standard InChI is InChI=1S/C19H30N4OS/c1-4-20-19(21-13-5-6-18(24)22-16-9-10-16)23(2)14-15-7-11-17(25-3)12-8-15/h7-8,11-12,16H,4-6,9-10,13-14H2,1-3H3,(H,20,21)(H,22,24). The third-order valence-corrected chi connectivity index (χ3v) is 4.78. The van der Waals surface area contributed by atoms with Crippen LogP contribution < -0.4 is 10.6 Å². The Morgan fingerprint density at radius 1 is 1.32 bits per heavy atom. The summed E-state index contributed by atoms with van der Waals surface area (Å²) in [5.74, 6) is 1.05. The number of guanidine groups is 1. The molecule has 6 heteroatoms. The van der Waals surface area contributed by atoms with E-state index in [-0.39, 0.29) is 5.91 Å². The predicted molar refractivity (Wildman–Crippen MR) is 106 cm³/mol. The normalized spacial score (nSPS) is 14.3. The summed E-state index contributed by atoms with van der Waals surface area (Å²) in [5, 5.41) is 6.34. The van der Waals surface area contributed by atoms with E-state index in [4.69, 9.17) is 0 Å². The van der Waals surface area contributed by atoms with Crippen molar-refractivity contribution in [2.45, 2.75) is 50.1 Å². The SMILES string of the molecule is CCNC(=NCCCC(=O)NC1CC1)N(C)Cc1ccc(SC)cc1. The number of carbonyl (C=O) groups is 1. The van der Waals surface area contributed by atoms with Crippen LogP contribution in [0.25, 0.3) is 0 Å². The van der Waals surface area contributed by atoms with E-state index in [2.05, 4.69) is 58.0 Å².